The van der Waals surface area contributed by atoms with Crippen molar-refractivity contribution in [1.82, 2.24) is 9.97 Å². The first kappa shape index (κ1) is 14.0. The predicted molar refractivity (Wildman–Crippen MR) is 74.1 cm³/mol. The van der Waals surface area contributed by atoms with Crippen LogP contribution in [0, 0.1) is 0 Å². The van der Waals surface area contributed by atoms with E-state index in [9.17, 15) is 8.42 Å². The van der Waals surface area contributed by atoms with Gasteiger partial charge in [0.25, 0.3) is 10.0 Å². The Morgan fingerprint density at radius 2 is 1.95 bits per heavy atom. The highest BCUT2D eigenvalue weighted by atomic mass is 35.5. The summed E-state index contributed by atoms with van der Waals surface area (Å²) < 4.78 is 25.7. The van der Waals surface area contributed by atoms with Crippen molar-refractivity contribution in [3.8, 4) is 0 Å². The van der Waals surface area contributed by atoms with Crippen molar-refractivity contribution < 1.29 is 8.42 Å². The van der Waals surface area contributed by atoms with Gasteiger partial charge in [-0.3, -0.25) is 4.31 Å². The molecular formula is C11H9Cl2N3O2S. The van der Waals surface area contributed by atoms with Gasteiger partial charge in [0, 0.05) is 19.4 Å². The van der Waals surface area contributed by atoms with Crippen LogP contribution in [0.4, 0.5) is 5.82 Å². The second-order valence-electron chi connectivity index (χ2n) is 3.60. The molecule has 2 aromatic rings. The molecule has 0 spiro atoms. The number of pyridine rings is 2. The zero-order valence-electron chi connectivity index (χ0n) is 9.79. The molecule has 100 valence electrons. The minimum absolute atomic E-state index is 0.0462. The van der Waals surface area contributed by atoms with Gasteiger partial charge in [-0.2, -0.15) is 0 Å². The first-order valence-electron chi connectivity index (χ1n) is 5.14. The molecule has 0 unspecified atom stereocenters. The van der Waals surface area contributed by atoms with E-state index in [2.05, 4.69) is 9.97 Å². The molecule has 0 bridgehead atoms. The van der Waals surface area contributed by atoms with Crippen molar-refractivity contribution in [2.24, 2.45) is 0 Å². The van der Waals surface area contributed by atoms with Gasteiger partial charge >= 0.3 is 0 Å². The van der Waals surface area contributed by atoms with Crippen LogP contribution in [0.25, 0.3) is 0 Å². The van der Waals surface area contributed by atoms with E-state index in [0.29, 0.717) is 5.82 Å². The van der Waals surface area contributed by atoms with Gasteiger partial charge < -0.3 is 0 Å². The van der Waals surface area contributed by atoms with Crippen LogP contribution < -0.4 is 4.31 Å². The van der Waals surface area contributed by atoms with Crippen LogP contribution in [-0.4, -0.2) is 25.4 Å². The molecule has 0 N–H and O–H groups in total. The van der Waals surface area contributed by atoms with E-state index in [1.54, 1.807) is 18.2 Å². The highest BCUT2D eigenvalue weighted by Gasteiger charge is 2.23. The summed E-state index contributed by atoms with van der Waals surface area (Å²) in [6, 6.07) is 6.24. The van der Waals surface area contributed by atoms with Gasteiger partial charge in [0.1, 0.15) is 15.9 Å². The van der Waals surface area contributed by atoms with Gasteiger partial charge in [-0.1, -0.05) is 29.3 Å². The Bertz CT molecular complexity index is 692. The van der Waals surface area contributed by atoms with Crippen LogP contribution in [-0.2, 0) is 10.0 Å². The van der Waals surface area contributed by atoms with Crippen molar-refractivity contribution in [2.45, 2.75) is 4.90 Å². The summed E-state index contributed by atoms with van der Waals surface area (Å²) in [6.45, 7) is 0. The normalized spacial score (nSPS) is 11.3. The average Bonchev–Trinajstić information content (AvgIpc) is 2.41. The first-order valence-corrected chi connectivity index (χ1v) is 7.33. The molecule has 0 aliphatic heterocycles. The van der Waals surface area contributed by atoms with Crippen molar-refractivity contribution in [1.29, 1.82) is 0 Å². The molecule has 0 saturated heterocycles. The summed E-state index contributed by atoms with van der Waals surface area (Å²) in [4.78, 5) is 7.66. The van der Waals surface area contributed by atoms with Crippen molar-refractivity contribution in [3.63, 3.8) is 0 Å². The number of halogens is 2. The molecule has 0 aliphatic rings. The van der Waals surface area contributed by atoms with Crippen LogP contribution in [0.15, 0.2) is 41.6 Å². The Hall–Kier alpha value is -1.37. The van der Waals surface area contributed by atoms with Crippen LogP contribution >= 0.6 is 23.2 Å². The van der Waals surface area contributed by atoms with Crippen LogP contribution in [0.5, 0.6) is 0 Å². The molecule has 0 amide bonds. The van der Waals surface area contributed by atoms with Gasteiger partial charge in [-0.25, -0.2) is 18.4 Å². The van der Waals surface area contributed by atoms with Crippen molar-refractivity contribution in [3.05, 3.63) is 46.8 Å². The zero-order valence-corrected chi connectivity index (χ0v) is 12.1. The summed E-state index contributed by atoms with van der Waals surface area (Å²) in [5.41, 5.74) is 0. The third-order valence-corrected chi connectivity index (χ3v) is 4.81. The number of anilines is 1. The molecule has 2 aromatic heterocycles. The largest absolute Gasteiger partial charge is 0.266 e. The lowest BCUT2D eigenvalue weighted by atomic mass is 10.5. The fourth-order valence-corrected chi connectivity index (χ4v) is 2.82. The average molecular weight is 318 g/mol. The van der Waals surface area contributed by atoms with Crippen molar-refractivity contribution >= 4 is 39.0 Å². The summed E-state index contributed by atoms with van der Waals surface area (Å²) >= 11 is 11.4. The number of rotatable bonds is 3. The third kappa shape index (κ3) is 2.80. The maximum absolute atomic E-state index is 12.3. The number of sulfonamides is 1. The fraction of sp³-hybridized carbons (Fsp3) is 0.0909. The smallest absolute Gasteiger partial charge is 0.253 e. The number of hydrogen-bond donors (Lipinski definition) is 0. The maximum Gasteiger partial charge on any atom is 0.266 e. The second-order valence-corrected chi connectivity index (χ2v) is 6.34. The molecule has 19 heavy (non-hydrogen) atoms. The SMILES string of the molecule is CN(c1ccccn1)S(=O)(=O)c1cnc(Cl)c(Cl)c1. The van der Waals surface area contributed by atoms with Gasteiger partial charge in [0.05, 0.1) is 5.02 Å². The molecule has 0 radical (unpaired) electrons. The second kappa shape index (κ2) is 5.32. The minimum atomic E-state index is -3.77. The molecule has 2 rings (SSSR count). The van der Waals surface area contributed by atoms with E-state index >= 15 is 0 Å². The third-order valence-electron chi connectivity index (χ3n) is 2.40. The monoisotopic (exact) mass is 317 g/mol. The Balaban J connectivity index is 2.45. The Morgan fingerprint density at radius 3 is 2.53 bits per heavy atom. The van der Waals surface area contributed by atoms with E-state index < -0.39 is 10.0 Å². The molecular weight excluding hydrogens is 309 g/mol. The fourth-order valence-electron chi connectivity index (χ4n) is 1.37. The summed E-state index contributed by atoms with van der Waals surface area (Å²) in [5.74, 6) is 0.300. The molecule has 0 saturated carbocycles. The molecule has 2 heterocycles. The summed E-state index contributed by atoms with van der Waals surface area (Å²) in [6.07, 6.45) is 2.66. The van der Waals surface area contributed by atoms with E-state index in [-0.39, 0.29) is 15.1 Å². The van der Waals surface area contributed by atoms with E-state index in [0.717, 1.165) is 10.5 Å². The molecule has 0 aromatic carbocycles. The number of aromatic nitrogens is 2. The molecule has 8 heteroatoms. The predicted octanol–water partition coefficient (Wildman–Crippen LogP) is 2.61. The maximum atomic E-state index is 12.3. The van der Waals surface area contributed by atoms with E-state index in [1.165, 1.54) is 19.3 Å². The van der Waals surface area contributed by atoms with Crippen molar-refractivity contribution in [2.75, 3.05) is 11.4 Å². The highest BCUT2D eigenvalue weighted by molar-refractivity contribution is 7.92. The molecule has 5 nitrogen and oxygen atoms in total. The first-order chi connectivity index (χ1) is 8.93. The van der Waals surface area contributed by atoms with Crippen LogP contribution in [0.2, 0.25) is 10.2 Å². The molecule has 0 fully saturated rings. The molecule has 0 aliphatic carbocycles. The van der Waals surface area contributed by atoms with Gasteiger partial charge in [0.2, 0.25) is 0 Å². The summed E-state index contributed by atoms with van der Waals surface area (Å²) in [5, 5.41) is 0.137. The van der Waals surface area contributed by atoms with Crippen LogP contribution in [0.1, 0.15) is 0 Å². The van der Waals surface area contributed by atoms with Gasteiger partial charge in [-0.15, -0.1) is 0 Å². The quantitative estimate of drug-likeness (QED) is 0.816. The van der Waals surface area contributed by atoms with E-state index in [4.69, 9.17) is 23.2 Å². The number of hydrogen-bond acceptors (Lipinski definition) is 4. The Labute approximate surface area is 120 Å². The Morgan fingerprint density at radius 1 is 1.21 bits per heavy atom. The lowest BCUT2D eigenvalue weighted by Crippen LogP contribution is -2.27. The van der Waals surface area contributed by atoms with Gasteiger partial charge in [-0.05, 0) is 18.2 Å². The standard InChI is InChI=1S/C11H9Cl2N3O2S/c1-16(10-4-2-3-5-14-10)19(17,18)8-6-9(12)11(13)15-7-8/h2-7H,1H3. The molecule has 0 atom stereocenters. The summed E-state index contributed by atoms with van der Waals surface area (Å²) in [7, 11) is -2.36. The zero-order chi connectivity index (χ0) is 14.0. The minimum Gasteiger partial charge on any atom is -0.253 e. The lowest BCUT2D eigenvalue weighted by molar-refractivity contribution is 0.593. The highest BCUT2D eigenvalue weighted by Crippen LogP contribution is 2.25. The number of nitrogens with zero attached hydrogens (tertiary/aromatic N) is 3. The Kier molecular flexibility index (Phi) is 3.93. The van der Waals surface area contributed by atoms with E-state index in [1.807, 2.05) is 0 Å². The lowest BCUT2D eigenvalue weighted by Gasteiger charge is -2.18. The van der Waals surface area contributed by atoms with Crippen LogP contribution in [0.3, 0.4) is 0 Å². The van der Waals surface area contributed by atoms with Gasteiger partial charge in [0.15, 0.2) is 0 Å². The topological polar surface area (TPSA) is 63.2 Å².